The summed E-state index contributed by atoms with van der Waals surface area (Å²) in [7, 11) is 1.67. The van der Waals surface area contributed by atoms with Gasteiger partial charge >= 0.3 is 5.97 Å². The molecule has 1 aliphatic carbocycles. The molecule has 5 rings (SSSR count). The fraction of sp³-hybridized carbons (Fsp3) is 0.423. The second kappa shape index (κ2) is 8.45. The largest absolute Gasteiger partial charge is 0.496 e. The van der Waals surface area contributed by atoms with Crippen LogP contribution in [0.1, 0.15) is 45.9 Å². The summed E-state index contributed by atoms with van der Waals surface area (Å²) in [5, 5.41) is 10.4. The minimum Gasteiger partial charge on any atom is -0.496 e. The van der Waals surface area contributed by atoms with Gasteiger partial charge in [0.2, 0.25) is 6.43 Å². The standard InChI is InChI=1S/C26H28F2N2O3/c1-14-9-22(33-2)21(19-7-8-29-23(14)19)13-30-12-18-10-17(25(27)28)11-20(18)24(30)15-3-5-16(6-4-15)26(31)32/h3-9,17-18,20,24-25,29H,10-13H2,1-2H3,(H,31,32)/t17-,18-,20-,24+/m0/s1. The number of nitrogens with zero attached hydrogens (tertiary/aromatic N) is 1. The number of aromatic nitrogens is 1. The Kier molecular flexibility index (Phi) is 5.60. The van der Waals surface area contributed by atoms with Gasteiger partial charge < -0.3 is 14.8 Å². The van der Waals surface area contributed by atoms with Crippen LogP contribution in [0.25, 0.3) is 10.9 Å². The molecule has 0 spiro atoms. The summed E-state index contributed by atoms with van der Waals surface area (Å²) in [5.41, 5.74) is 4.47. The summed E-state index contributed by atoms with van der Waals surface area (Å²) >= 11 is 0. The maximum Gasteiger partial charge on any atom is 0.335 e. The molecule has 7 heteroatoms. The molecule has 2 aliphatic rings. The number of aryl methyl sites for hydroxylation is 1. The zero-order chi connectivity index (χ0) is 23.3. The van der Waals surface area contributed by atoms with Gasteiger partial charge in [0.1, 0.15) is 5.75 Å². The minimum atomic E-state index is -2.30. The molecular weight excluding hydrogens is 426 g/mol. The van der Waals surface area contributed by atoms with Crippen LogP contribution in [0.2, 0.25) is 0 Å². The lowest BCUT2D eigenvalue weighted by molar-refractivity contribution is 0.0685. The maximum absolute atomic E-state index is 13.5. The van der Waals surface area contributed by atoms with Gasteiger partial charge in [0, 0.05) is 47.7 Å². The van der Waals surface area contributed by atoms with Crippen molar-refractivity contribution in [2.75, 3.05) is 13.7 Å². The summed E-state index contributed by atoms with van der Waals surface area (Å²) in [5.74, 6) is -0.389. The first kappa shape index (κ1) is 21.9. The second-order valence-electron chi connectivity index (χ2n) is 9.43. The van der Waals surface area contributed by atoms with E-state index in [1.54, 1.807) is 19.2 Å². The maximum atomic E-state index is 13.5. The number of hydrogen-bond donors (Lipinski definition) is 2. The van der Waals surface area contributed by atoms with Crippen molar-refractivity contribution in [1.29, 1.82) is 0 Å². The molecule has 2 heterocycles. The molecule has 0 radical (unpaired) electrons. The molecule has 1 aliphatic heterocycles. The van der Waals surface area contributed by atoms with Gasteiger partial charge in [-0.2, -0.15) is 0 Å². The number of nitrogens with one attached hydrogen (secondary N) is 1. The number of ether oxygens (including phenoxy) is 1. The average molecular weight is 455 g/mol. The van der Waals surface area contributed by atoms with E-state index in [1.807, 2.05) is 31.3 Å². The lowest BCUT2D eigenvalue weighted by atomic mass is 9.88. The van der Waals surface area contributed by atoms with Gasteiger partial charge in [0.15, 0.2) is 0 Å². The Morgan fingerprint density at radius 3 is 2.67 bits per heavy atom. The molecule has 1 saturated heterocycles. The van der Waals surface area contributed by atoms with E-state index in [1.165, 1.54) is 0 Å². The van der Waals surface area contributed by atoms with E-state index >= 15 is 0 Å². The molecule has 2 aromatic carbocycles. The van der Waals surface area contributed by atoms with Crippen LogP contribution in [-0.2, 0) is 6.54 Å². The highest BCUT2D eigenvalue weighted by molar-refractivity contribution is 5.88. The van der Waals surface area contributed by atoms with Crippen LogP contribution < -0.4 is 4.74 Å². The molecule has 33 heavy (non-hydrogen) atoms. The molecule has 0 unspecified atom stereocenters. The summed E-state index contributed by atoms with van der Waals surface area (Å²) < 4.78 is 32.8. The number of rotatable bonds is 6. The number of alkyl halides is 2. The Labute approximate surface area is 191 Å². The van der Waals surface area contributed by atoms with Crippen LogP contribution in [0.3, 0.4) is 0 Å². The summed E-state index contributed by atoms with van der Waals surface area (Å²) in [4.78, 5) is 17.0. The van der Waals surface area contributed by atoms with Crippen molar-refractivity contribution in [2.24, 2.45) is 17.8 Å². The number of carbonyl (C=O) groups is 1. The van der Waals surface area contributed by atoms with Crippen LogP contribution in [0, 0.1) is 24.7 Å². The van der Waals surface area contributed by atoms with Crippen LogP contribution >= 0.6 is 0 Å². The van der Waals surface area contributed by atoms with E-state index in [9.17, 15) is 18.7 Å². The van der Waals surface area contributed by atoms with Gasteiger partial charge in [-0.25, -0.2) is 13.6 Å². The number of halogens is 2. The van der Waals surface area contributed by atoms with Crippen LogP contribution in [0.15, 0.2) is 42.6 Å². The molecule has 5 nitrogen and oxygen atoms in total. The molecule has 4 atom stereocenters. The summed E-state index contributed by atoms with van der Waals surface area (Å²) in [6.07, 6.45) is 0.659. The number of methoxy groups -OCH3 is 1. The molecule has 3 aromatic rings. The van der Waals surface area contributed by atoms with Crippen molar-refractivity contribution in [3.05, 3.63) is 64.8 Å². The number of carboxylic acids is 1. The first-order valence-corrected chi connectivity index (χ1v) is 11.4. The molecule has 0 amide bonds. The zero-order valence-electron chi connectivity index (χ0n) is 18.7. The van der Waals surface area contributed by atoms with Gasteiger partial charge in [0.05, 0.1) is 12.7 Å². The monoisotopic (exact) mass is 454 g/mol. The normalized spacial score (nSPS) is 25.1. The van der Waals surface area contributed by atoms with Gasteiger partial charge in [-0.1, -0.05) is 12.1 Å². The molecule has 0 bridgehead atoms. The quantitative estimate of drug-likeness (QED) is 0.505. The molecular formula is C26H28F2N2O3. The number of likely N-dealkylation sites (tertiary alicyclic amines) is 1. The van der Waals surface area contributed by atoms with Gasteiger partial charge in [-0.15, -0.1) is 0 Å². The smallest absolute Gasteiger partial charge is 0.335 e. The number of hydrogen-bond acceptors (Lipinski definition) is 3. The lowest BCUT2D eigenvalue weighted by Gasteiger charge is -2.30. The minimum absolute atomic E-state index is 0.0402. The molecule has 2 fully saturated rings. The van der Waals surface area contributed by atoms with Crippen molar-refractivity contribution >= 4 is 16.9 Å². The molecule has 1 aromatic heterocycles. The first-order valence-electron chi connectivity index (χ1n) is 11.4. The lowest BCUT2D eigenvalue weighted by Crippen LogP contribution is -2.27. The highest BCUT2D eigenvalue weighted by atomic mass is 19.3. The summed E-state index contributed by atoms with van der Waals surface area (Å²) in [6, 6.07) is 11.0. The third kappa shape index (κ3) is 3.78. The third-order valence-electron chi connectivity index (χ3n) is 7.60. The average Bonchev–Trinajstić information content (AvgIpc) is 3.50. The topological polar surface area (TPSA) is 65.6 Å². The van der Waals surface area contributed by atoms with E-state index in [0.717, 1.165) is 39.9 Å². The predicted octanol–water partition coefficient (Wildman–Crippen LogP) is 5.65. The Bertz CT molecular complexity index is 1170. The highest BCUT2D eigenvalue weighted by Crippen LogP contribution is 2.53. The number of aromatic amines is 1. The first-order chi connectivity index (χ1) is 15.9. The third-order valence-corrected chi connectivity index (χ3v) is 7.60. The second-order valence-corrected chi connectivity index (χ2v) is 9.43. The van der Waals surface area contributed by atoms with Gasteiger partial charge in [-0.3, -0.25) is 4.90 Å². The Morgan fingerprint density at radius 1 is 1.24 bits per heavy atom. The van der Waals surface area contributed by atoms with E-state index in [0.29, 0.717) is 19.4 Å². The van der Waals surface area contributed by atoms with E-state index in [-0.39, 0.29) is 23.4 Å². The zero-order valence-corrected chi connectivity index (χ0v) is 18.7. The van der Waals surface area contributed by atoms with Crippen LogP contribution in [-0.4, -0.2) is 41.0 Å². The van der Waals surface area contributed by atoms with E-state index < -0.39 is 18.3 Å². The van der Waals surface area contributed by atoms with Crippen molar-refractivity contribution in [3.8, 4) is 5.75 Å². The van der Waals surface area contributed by atoms with E-state index in [4.69, 9.17) is 4.74 Å². The van der Waals surface area contributed by atoms with Crippen molar-refractivity contribution in [2.45, 2.75) is 38.8 Å². The van der Waals surface area contributed by atoms with Crippen molar-refractivity contribution < 1.29 is 23.4 Å². The fourth-order valence-corrected chi connectivity index (χ4v) is 6.12. The van der Waals surface area contributed by atoms with Crippen molar-refractivity contribution in [1.82, 2.24) is 9.88 Å². The van der Waals surface area contributed by atoms with Crippen LogP contribution in [0.4, 0.5) is 8.78 Å². The van der Waals surface area contributed by atoms with Gasteiger partial charge in [0.25, 0.3) is 0 Å². The molecule has 174 valence electrons. The Morgan fingerprint density at radius 2 is 2.00 bits per heavy atom. The number of H-pyrrole nitrogens is 1. The molecule has 2 N–H and O–H groups in total. The van der Waals surface area contributed by atoms with Crippen LogP contribution in [0.5, 0.6) is 5.75 Å². The van der Waals surface area contributed by atoms with E-state index in [2.05, 4.69) is 16.0 Å². The SMILES string of the molecule is COc1cc(C)c2[nH]ccc2c1CN1C[C@@H]2C[C@H](C(F)F)C[C@@H]2[C@H]1c1ccc(C(=O)O)cc1. The fourth-order valence-electron chi connectivity index (χ4n) is 6.12. The number of carboxylic acid groups (broad SMARTS) is 1. The summed E-state index contributed by atoms with van der Waals surface area (Å²) in [6.45, 7) is 3.42. The number of benzene rings is 2. The number of aromatic carboxylic acids is 1. The predicted molar refractivity (Wildman–Crippen MR) is 122 cm³/mol. The van der Waals surface area contributed by atoms with Crippen molar-refractivity contribution in [3.63, 3.8) is 0 Å². The number of fused-ring (bicyclic) bond motifs is 2. The van der Waals surface area contributed by atoms with Gasteiger partial charge in [-0.05, 0) is 67.0 Å². The highest BCUT2D eigenvalue weighted by Gasteiger charge is 2.49. The Balaban J connectivity index is 1.53. The molecule has 1 saturated carbocycles. The Hall–Kier alpha value is -2.93.